The second-order valence-electron chi connectivity index (χ2n) is 4.35. The summed E-state index contributed by atoms with van der Waals surface area (Å²) in [5.74, 6) is -0.252. The minimum atomic E-state index is -0.252. The van der Waals surface area contributed by atoms with Gasteiger partial charge in [-0.15, -0.1) is 0 Å². The zero-order chi connectivity index (χ0) is 14.5. The van der Waals surface area contributed by atoms with Crippen molar-refractivity contribution in [1.29, 1.82) is 0 Å². The van der Waals surface area contributed by atoms with Crippen molar-refractivity contribution in [3.8, 4) is 0 Å². The Labute approximate surface area is 128 Å². The lowest BCUT2D eigenvalue weighted by Gasteiger charge is -2.17. The van der Waals surface area contributed by atoms with Crippen LogP contribution >= 0.6 is 23.8 Å². The quantitative estimate of drug-likeness (QED) is 0.815. The van der Waals surface area contributed by atoms with Gasteiger partial charge in [0.25, 0.3) is 0 Å². The summed E-state index contributed by atoms with van der Waals surface area (Å²) < 4.78 is 12.9. The average Bonchev–Trinajstić information content (AvgIpc) is 2.42. The van der Waals surface area contributed by atoms with Crippen LogP contribution in [0.2, 0.25) is 5.02 Å². The number of nitrogens with one attached hydrogen (secondary N) is 2. The largest absolute Gasteiger partial charge is 0.356 e. The Morgan fingerprint density at radius 3 is 2.45 bits per heavy atom. The highest BCUT2D eigenvalue weighted by Crippen LogP contribution is 2.20. The third-order valence-corrected chi connectivity index (χ3v) is 3.39. The fraction of sp³-hybridized carbons (Fsp3) is 0.133. The first kappa shape index (κ1) is 14.8. The fourth-order valence-corrected chi connectivity index (χ4v) is 2.22. The Hall–Kier alpha value is -1.65. The van der Waals surface area contributed by atoms with Gasteiger partial charge in [0.2, 0.25) is 0 Å². The summed E-state index contributed by atoms with van der Waals surface area (Å²) in [7, 11) is 0. The molecule has 0 amide bonds. The smallest absolute Gasteiger partial charge is 0.171 e. The van der Waals surface area contributed by atoms with Crippen LogP contribution in [0.1, 0.15) is 18.5 Å². The van der Waals surface area contributed by atoms with Gasteiger partial charge < -0.3 is 10.6 Å². The molecule has 5 heteroatoms. The molecule has 2 rings (SSSR count). The molecule has 0 unspecified atom stereocenters. The van der Waals surface area contributed by atoms with E-state index in [-0.39, 0.29) is 11.9 Å². The second-order valence-corrected chi connectivity index (χ2v) is 5.17. The van der Waals surface area contributed by atoms with Gasteiger partial charge in [0.05, 0.1) is 16.8 Å². The van der Waals surface area contributed by atoms with Gasteiger partial charge in [-0.25, -0.2) is 4.39 Å². The zero-order valence-electron chi connectivity index (χ0n) is 10.9. The van der Waals surface area contributed by atoms with Crippen LogP contribution in [0.25, 0.3) is 0 Å². The van der Waals surface area contributed by atoms with Gasteiger partial charge in [-0.3, -0.25) is 0 Å². The molecule has 20 heavy (non-hydrogen) atoms. The first-order valence-corrected chi connectivity index (χ1v) is 6.92. The van der Waals surface area contributed by atoms with Crippen molar-refractivity contribution in [2.45, 2.75) is 13.0 Å². The maximum Gasteiger partial charge on any atom is 0.171 e. The minimum Gasteiger partial charge on any atom is -0.356 e. The summed E-state index contributed by atoms with van der Waals surface area (Å²) in [5.41, 5.74) is 1.70. The van der Waals surface area contributed by atoms with E-state index < -0.39 is 0 Å². The van der Waals surface area contributed by atoms with E-state index in [0.29, 0.717) is 10.1 Å². The molecule has 2 aromatic carbocycles. The Morgan fingerprint density at radius 2 is 1.80 bits per heavy atom. The molecule has 0 spiro atoms. The first-order chi connectivity index (χ1) is 9.56. The van der Waals surface area contributed by atoms with E-state index in [1.54, 1.807) is 18.2 Å². The lowest BCUT2D eigenvalue weighted by Crippen LogP contribution is -2.30. The molecule has 0 aliphatic heterocycles. The van der Waals surface area contributed by atoms with Crippen LogP contribution in [0.4, 0.5) is 10.1 Å². The molecule has 0 aromatic heterocycles. The maximum absolute atomic E-state index is 12.9. The molecule has 0 aliphatic rings. The van der Waals surface area contributed by atoms with E-state index in [2.05, 4.69) is 10.6 Å². The molecule has 2 N–H and O–H groups in total. The van der Waals surface area contributed by atoms with Crippen molar-refractivity contribution in [3.05, 3.63) is 64.9 Å². The van der Waals surface area contributed by atoms with Gasteiger partial charge in [0.1, 0.15) is 5.82 Å². The highest BCUT2D eigenvalue weighted by atomic mass is 35.5. The monoisotopic (exact) mass is 308 g/mol. The molecule has 2 nitrogen and oxygen atoms in total. The summed E-state index contributed by atoms with van der Waals surface area (Å²) >= 11 is 11.3. The van der Waals surface area contributed by atoms with Crippen molar-refractivity contribution in [2.75, 3.05) is 5.32 Å². The molecule has 0 saturated heterocycles. The molecule has 2 aromatic rings. The second kappa shape index (κ2) is 6.68. The summed E-state index contributed by atoms with van der Waals surface area (Å²) in [6.07, 6.45) is 0. The molecule has 1 atom stereocenters. The van der Waals surface area contributed by atoms with Crippen molar-refractivity contribution in [3.63, 3.8) is 0 Å². The molecule has 0 aliphatic carbocycles. The van der Waals surface area contributed by atoms with E-state index in [0.717, 1.165) is 11.3 Å². The number of para-hydroxylation sites is 1. The van der Waals surface area contributed by atoms with Crippen molar-refractivity contribution in [1.82, 2.24) is 5.32 Å². The van der Waals surface area contributed by atoms with Gasteiger partial charge in [-0.2, -0.15) is 0 Å². The van der Waals surface area contributed by atoms with Crippen molar-refractivity contribution < 1.29 is 4.39 Å². The molecule has 0 bridgehead atoms. The summed E-state index contributed by atoms with van der Waals surface area (Å²) in [6, 6.07) is 13.6. The molecule has 104 valence electrons. The van der Waals surface area contributed by atoms with Gasteiger partial charge in [0.15, 0.2) is 5.11 Å². The lowest BCUT2D eigenvalue weighted by atomic mass is 10.1. The topological polar surface area (TPSA) is 24.1 Å². The number of benzene rings is 2. The van der Waals surface area contributed by atoms with Crippen LogP contribution in [0.3, 0.4) is 0 Å². The van der Waals surface area contributed by atoms with Crippen LogP contribution in [0, 0.1) is 5.82 Å². The first-order valence-electron chi connectivity index (χ1n) is 6.14. The van der Waals surface area contributed by atoms with Crippen LogP contribution in [-0.4, -0.2) is 5.11 Å². The normalized spacial score (nSPS) is 11.8. The third kappa shape index (κ3) is 3.92. The maximum atomic E-state index is 12.9. The van der Waals surface area contributed by atoms with E-state index in [9.17, 15) is 4.39 Å². The zero-order valence-corrected chi connectivity index (χ0v) is 12.4. The van der Waals surface area contributed by atoms with Gasteiger partial charge in [-0.1, -0.05) is 35.9 Å². The fourth-order valence-electron chi connectivity index (χ4n) is 1.75. The Kier molecular flexibility index (Phi) is 4.93. The highest BCUT2D eigenvalue weighted by Gasteiger charge is 2.08. The van der Waals surface area contributed by atoms with E-state index >= 15 is 0 Å². The average molecular weight is 309 g/mol. The molecule has 0 saturated carbocycles. The van der Waals surface area contributed by atoms with Crippen LogP contribution in [0.15, 0.2) is 48.5 Å². The van der Waals surface area contributed by atoms with Crippen LogP contribution in [0.5, 0.6) is 0 Å². The van der Waals surface area contributed by atoms with Crippen LogP contribution < -0.4 is 10.6 Å². The predicted molar refractivity (Wildman–Crippen MR) is 85.6 cm³/mol. The molecular formula is C15H14ClFN2S. The standard InChI is InChI=1S/C15H14ClFN2S/c1-10(11-6-8-12(17)9-7-11)18-15(20)19-14-5-3-2-4-13(14)16/h2-10H,1H3,(H2,18,19,20)/t10-/m1/s1. The Bertz CT molecular complexity index is 601. The van der Waals surface area contributed by atoms with Crippen LogP contribution in [-0.2, 0) is 0 Å². The van der Waals surface area contributed by atoms with E-state index in [1.165, 1.54) is 12.1 Å². The number of rotatable bonds is 3. The van der Waals surface area contributed by atoms with E-state index in [1.807, 2.05) is 25.1 Å². The molecule has 0 fully saturated rings. The predicted octanol–water partition coefficient (Wildman–Crippen LogP) is 4.53. The number of thiocarbonyl (C=S) groups is 1. The number of halogens is 2. The molecule has 0 heterocycles. The van der Waals surface area contributed by atoms with Crippen molar-refractivity contribution in [2.24, 2.45) is 0 Å². The minimum absolute atomic E-state index is 0.0295. The van der Waals surface area contributed by atoms with Gasteiger partial charge in [-0.05, 0) is 49.0 Å². The van der Waals surface area contributed by atoms with Gasteiger partial charge >= 0.3 is 0 Å². The lowest BCUT2D eigenvalue weighted by molar-refractivity contribution is 0.624. The molecular weight excluding hydrogens is 295 g/mol. The van der Waals surface area contributed by atoms with E-state index in [4.69, 9.17) is 23.8 Å². The third-order valence-electron chi connectivity index (χ3n) is 2.84. The van der Waals surface area contributed by atoms with Crippen molar-refractivity contribution >= 4 is 34.6 Å². The highest BCUT2D eigenvalue weighted by molar-refractivity contribution is 7.80. The number of hydrogen-bond acceptors (Lipinski definition) is 1. The van der Waals surface area contributed by atoms with Gasteiger partial charge in [0, 0.05) is 0 Å². The summed E-state index contributed by atoms with van der Waals surface area (Å²) in [6.45, 7) is 1.95. The summed E-state index contributed by atoms with van der Waals surface area (Å²) in [5, 5.41) is 7.24. The Balaban J connectivity index is 1.98. The Morgan fingerprint density at radius 1 is 1.15 bits per heavy atom. The summed E-state index contributed by atoms with van der Waals surface area (Å²) in [4.78, 5) is 0. The SMILES string of the molecule is C[C@@H](NC(=S)Nc1ccccc1Cl)c1ccc(F)cc1. The number of anilines is 1. The molecule has 0 radical (unpaired) electrons. The number of hydrogen-bond donors (Lipinski definition) is 2.